The van der Waals surface area contributed by atoms with Gasteiger partial charge in [-0.3, -0.25) is 14.4 Å². The molecule has 0 bridgehead atoms. The quantitative estimate of drug-likeness (QED) is 0.611. The lowest BCUT2D eigenvalue weighted by molar-refractivity contribution is -0.118. The van der Waals surface area contributed by atoms with Crippen LogP contribution in [0, 0.1) is 6.92 Å². The van der Waals surface area contributed by atoms with Gasteiger partial charge in [0.15, 0.2) is 5.43 Å². The summed E-state index contributed by atoms with van der Waals surface area (Å²) < 4.78 is 0. The molecule has 17 heavy (non-hydrogen) atoms. The minimum absolute atomic E-state index is 0.0645. The average molecular weight is 237 g/mol. The number of amides is 2. The summed E-state index contributed by atoms with van der Waals surface area (Å²) in [5.41, 5.74) is 5.39. The second-order valence-corrected chi connectivity index (χ2v) is 3.72. The summed E-state index contributed by atoms with van der Waals surface area (Å²) in [6.45, 7) is 2.05. The molecule has 6 nitrogen and oxygen atoms in total. The molecular weight excluding hydrogens is 222 g/mol. The van der Waals surface area contributed by atoms with Crippen LogP contribution < -0.4 is 16.5 Å². The van der Waals surface area contributed by atoms with Crippen molar-refractivity contribution in [3.05, 3.63) is 33.7 Å². The summed E-state index contributed by atoms with van der Waals surface area (Å²) in [6.07, 6.45) is 2.05. The second-order valence-electron chi connectivity index (χ2n) is 3.72. The molecule has 0 unspecified atom stereocenters. The number of primary amides is 1. The Bertz CT molecular complexity index is 479. The Hall–Kier alpha value is -2.11. The van der Waals surface area contributed by atoms with E-state index in [1.807, 2.05) is 0 Å². The smallest absolute Gasteiger partial charge is 0.256 e. The van der Waals surface area contributed by atoms with Gasteiger partial charge in [-0.15, -0.1) is 0 Å². The molecule has 0 aliphatic rings. The van der Waals surface area contributed by atoms with Gasteiger partial charge in [0.05, 0.1) is 0 Å². The van der Waals surface area contributed by atoms with Gasteiger partial charge in [-0.1, -0.05) is 0 Å². The van der Waals surface area contributed by atoms with Gasteiger partial charge in [0.1, 0.15) is 5.56 Å². The molecule has 1 rings (SSSR count). The molecule has 0 aliphatic carbocycles. The number of nitrogens with one attached hydrogen (secondary N) is 2. The first-order chi connectivity index (χ1) is 8.00. The molecule has 92 valence electrons. The Morgan fingerprint density at radius 2 is 2.18 bits per heavy atom. The summed E-state index contributed by atoms with van der Waals surface area (Å²) >= 11 is 0. The normalized spacial score (nSPS) is 9.94. The van der Waals surface area contributed by atoms with E-state index in [1.54, 1.807) is 6.92 Å². The number of hydrogen-bond donors (Lipinski definition) is 3. The van der Waals surface area contributed by atoms with Gasteiger partial charge >= 0.3 is 0 Å². The topological polar surface area (TPSA) is 105 Å². The Balaban J connectivity index is 2.53. The zero-order chi connectivity index (χ0) is 12.8. The summed E-state index contributed by atoms with van der Waals surface area (Å²) in [4.78, 5) is 36.3. The van der Waals surface area contributed by atoms with E-state index >= 15 is 0 Å². The molecule has 1 aromatic rings. The van der Waals surface area contributed by atoms with Gasteiger partial charge in [-0.05, 0) is 13.3 Å². The predicted octanol–water partition coefficient (Wildman–Crippen LogP) is -0.321. The van der Waals surface area contributed by atoms with Crippen molar-refractivity contribution in [2.75, 3.05) is 6.54 Å². The number of aryl methyl sites for hydroxylation is 1. The minimum Gasteiger partial charge on any atom is -0.370 e. The number of carbonyl (C=O) groups is 2. The van der Waals surface area contributed by atoms with Crippen LogP contribution in [-0.2, 0) is 4.79 Å². The van der Waals surface area contributed by atoms with E-state index in [0.29, 0.717) is 18.7 Å². The third kappa shape index (κ3) is 4.10. The number of nitrogens with two attached hydrogens (primary N) is 1. The summed E-state index contributed by atoms with van der Waals surface area (Å²) in [6, 6.07) is 1.36. The van der Waals surface area contributed by atoms with Crippen molar-refractivity contribution in [1.82, 2.24) is 10.3 Å². The molecule has 0 aliphatic heterocycles. The number of rotatable bonds is 5. The molecule has 0 aromatic carbocycles. The van der Waals surface area contributed by atoms with Crippen LogP contribution in [-0.4, -0.2) is 23.3 Å². The Morgan fingerprint density at radius 3 is 2.76 bits per heavy atom. The second kappa shape index (κ2) is 5.83. The fourth-order valence-corrected chi connectivity index (χ4v) is 1.31. The minimum atomic E-state index is -0.448. The standard InChI is InChI=1S/C11H15N3O3/c1-7-5-9(15)8(6-14-7)11(17)13-4-2-3-10(12)16/h5-6H,2-4H2,1H3,(H2,12,16)(H,13,17)(H,14,15). The van der Waals surface area contributed by atoms with E-state index in [9.17, 15) is 14.4 Å². The van der Waals surface area contributed by atoms with Crippen molar-refractivity contribution in [3.8, 4) is 0 Å². The van der Waals surface area contributed by atoms with Crippen LogP contribution in [0.1, 0.15) is 28.9 Å². The van der Waals surface area contributed by atoms with E-state index in [0.717, 1.165) is 0 Å². The molecule has 0 atom stereocenters. The molecule has 2 amide bonds. The molecule has 0 fully saturated rings. The van der Waals surface area contributed by atoms with E-state index in [4.69, 9.17) is 5.73 Å². The van der Waals surface area contributed by atoms with Gasteiger partial charge in [-0.25, -0.2) is 0 Å². The maximum Gasteiger partial charge on any atom is 0.256 e. The highest BCUT2D eigenvalue weighted by molar-refractivity contribution is 5.93. The highest BCUT2D eigenvalue weighted by Crippen LogP contribution is 1.93. The summed E-state index contributed by atoms with van der Waals surface area (Å²) in [5.74, 6) is -0.858. The van der Waals surface area contributed by atoms with Gasteiger partial charge < -0.3 is 16.0 Å². The van der Waals surface area contributed by atoms with Crippen molar-refractivity contribution < 1.29 is 9.59 Å². The van der Waals surface area contributed by atoms with Gasteiger partial charge in [0.25, 0.3) is 5.91 Å². The lowest BCUT2D eigenvalue weighted by Gasteiger charge is -2.03. The molecule has 0 spiro atoms. The van der Waals surface area contributed by atoms with Crippen LogP contribution in [0.2, 0.25) is 0 Å². The fourth-order valence-electron chi connectivity index (χ4n) is 1.31. The lowest BCUT2D eigenvalue weighted by Crippen LogP contribution is -2.30. The van der Waals surface area contributed by atoms with Crippen LogP contribution in [0.15, 0.2) is 17.1 Å². The number of pyridine rings is 1. The van der Waals surface area contributed by atoms with E-state index in [1.165, 1.54) is 12.3 Å². The van der Waals surface area contributed by atoms with Crippen molar-refractivity contribution in [1.29, 1.82) is 0 Å². The predicted molar refractivity (Wildman–Crippen MR) is 62.6 cm³/mol. The number of H-pyrrole nitrogens is 1. The van der Waals surface area contributed by atoms with E-state index in [2.05, 4.69) is 10.3 Å². The van der Waals surface area contributed by atoms with E-state index < -0.39 is 11.8 Å². The summed E-state index contributed by atoms with van der Waals surface area (Å²) in [7, 11) is 0. The molecule has 4 N–H and O–H groups in total. The largest absolute Gasteiger partial charge is 0.370 e. The SMILES string of the molecule is Cc1cc(=O)c(C(=O)NCCCC(N)=O)c[nH]1. The fraction of sp³-hybridized carbons (Fsp3) is 0.364. The van der Waals surface area contributed by atoms with Gasteiger partial charge in [0.2, 0.25) is 5.91 Å². The molecule has 6 heteroatoms. The Kier molecular flexibility index (Phi) is 4.45. The first-order valence-electron chi connectivity index (χ1n) is 5.26. The first-order valence-corrected chi connectivity index (χ1v) is 5.26. The van der Waals surface area contributed by atoms with Crippen molar-refractivity contribution in [2.24, 2.45) is 5.73 Å². The monoisotopic (exact) mass is 237 g/mol. The van der Waals surface area contributed by atoms with Crippen molar-refractivity contribution >= 4 is 11.8 Å². The number of hydrogen-bond acceptors (Lipinski definition) is 3. The van der Waals surface area contributed by atoms with Crippen LogP contribution in [0.5, 0.6) is 0 Å². The zero-order valence-corrected chi connectivity index (χ0v) is 9.58. The van der Waals surface area contributed by atoms with Gasteiger partial charge in [0, 0.05) is 30.9 Å². The Labute approximate surface area is 98.2 Å². The third-order valence-corrected chi connectivity index (χ3v) is 2.19. The van der Waals surface area contributed by atoms with E-state index in [-0.39, 0.29) is 17.4 Å². The van der Waals surface area contributed by atoms with Crippen LogP contribution in [0.3, 0.4) is 0 Å². The molecule has 0 radical (unpaired) electrons. The number of aromatic amines is 1. The first kappa shape index (κ1) is 13.0. The van der Waals surface area contributed by atoms with Crippen LogP contribution >= 0.6 is 0 Å². The highest BCUT2D eigenvalue weighted by atomic mass is 16.2. The van der Waals surface area contributed by atoms with Gasteiger partial charge in [-0.2, -0.15) is 0 Å². The molecule has 0 saturated heterocycles. The van der Waals surface area contributed by atoms with Crippen LogP contribution in [0.25, 0.3) is 0 Å². The molecule has 0 saturated carbocycles. The third-order valence-electron chi connectivity index (χ3n) is 2.19. The molecule has 1 heterocycles. The molecular formula is C11H15N3O3. The maximum atomic E-state index is 11.6. The average Bonchev–Trinajstić information content (AvgIpc) is 2.23. The zero-order valence-electron chi connectivity index (χ0n) is 9.58. The van der Waals surface area contributed by atoms with Crippen molar-refractivity contribution in [3.63, 3.8) is 0 Å². The Morgan fingerprint density at radius 1 is 1.47 bits per heavy atom. The maximum absolute atomic E-state index is 11.6. The molecule has 1 aromatic heterocycles. The van der Waals surface area contributed by atoms with Crippen molar-refractivity contribution in [2.45, 2.75) is 19.8 Å². The highest BCUT2D eigenvalue weighted by Gasteiger charge is 2.09. The van der Waals surface area contributed by atoms with Crippen LogP contribution in [0.4, 0.5) is 0 Å². The number of carbonyl (C=O) groups excluding carboxylic acids is 2. The lowest BCUT2D eigenvalue weighted by atomic mass is 10.2. The number of aromatic nitrogens is 1. The summed E-state index contributed by atoms with van der Waals surface area (Å²) in [5, 5.41) is 2.55.